The molecule has 0 radical (unpaired) electrons. The first kappa shape index (κ1) is 14.1. The number of nitrogens with zero attached hydrogens (tertiary/aromatic N) is 1. The van der Waals surface area contributed by atoms with Crippen LogP contribution in [0.25, 0.3) is 0 Å². The van der Waals surface area contributed by atoms with Crippen molar-refractivity contribution in [2.45, 2.75) is 26.3 Å². The standard InChI is InChI=1S/C16H17NO3/c1-12(18)14-10-15(16(19)20)17(11-14)9-5-8-13-6-3-2-4-7-13/h2-4,6-7,10-11H,5,8-9H2,1H3,(H,19,20). The molecule has 4 nitrogen and oxygen atoms in total. The van der Waals surface area contributed by atoms with E-state index in [1.165, 1.54) is 18.6 Å². The number of hydrogen-bond acceptors (Lipinski definition) is 2. The van der Waals surface area contributed by atoms with E-state index >= 15 is 0 Å². The van der Waals surface area contributed by atoms with Gasteiger partial charge in [-0.15, -0.1) is 0 Å². The summed E-state index contributed by atoms with van der Waals surface area (Å²) in [4.78, 5) is 22.5. The zero-order valence-corrected chi connectivity index (χ0v) is 11.4. The molecule has 2 aromatic rings. The molecule has 1 heterocycles. The quantitative estimate of drug-likeness (QED) is 0.821. The number of carboxylic acid groups (broad SMARTS) is 1. The highest BCUT2D eigenvalue weighted by Crippen LogP contribution is 2.12. The third kappa shape index (κ3) is 3.35. The predicted molar refractivity (Wildman–Crippen MR) is 76.2 cm³/mol. The SMILES string of the molecule is CC(=O)c1cc(C(=O)O)n(CCCc2ccccc2)c1. The molecule has 0 aliphatic rings. The summed E-state index contributed by atoms with van der Waals surface area (Å²) in [5, 5.41) is 9.15. The summed E-state index contributed by atoms with van der Waals surface area (Å²) < 4.78 is 1.64. The maximum absolute atomic E-state index is 11.3. The number of rotatable bonds is 6. The van der Waals surface area contributed by atoms with Crippen molar-refractivity contribution in [2.24, 2.45) is 0 Å². The predicted octanol–water partition coefficient (Wildman–Crippen LogP) is 3.02. The highest BCUT2D eigenvalue weighted by molar-refractivity contribution is 5.97. The van der Waals surface area contributed by atoms with Crippen molar-refractivity contribution in [2.75, 3.05) is 0 Å². The van der Waals surface area contributed by atoms with Crippen LogP contribution in [0.2, 0.25) is 0 Å². The summed E-state index contributed by atoms with van der Waals surface area (Å²) in [5.41, 5.74) is 1.84. The number of carbonyl (C=O) groups is 2. The molecule has 1 aromatic carbocycles. The first-order valence-electron chi connectivity index (χ1n) is 6.56. The molecule has 0 fully saturated rings. The summed E-state index contributed by atoms with van der Waals surface area (Å²) in [6.07, 6.45) is 3.33. The molecule has 0 saturated heterocycles. The van der Waals surface area contributed by atoms with Crippen LogP contribution in [-0.4, -0.2) is 21.4 Å². The van der Waals surface area contributed by atoms with Crippen molar-refractivity contribution < 1.29 is 14.7 Å². The number of hydrogen-bond donors (Lipinski definition) is 1. The molecular formula is C16H17NO3. The summed E-state index contributed by atoms with van der Waals surface area (Å²) in [6, 6.07) is 11.5. The van der Waals surface area contributed by atoms with Crippen molar-refractivity contribution in [3.63, 3.8) is 0 Å². The van der Waals surface area contributed by atoms with Crippen LogP contribution in [-0.2, 0) is 13.0 Å². The molecule has 104 valence electrons. The van der Waals surface area contributed by atoms with E-state index in [1.807, 2.05) is 18.2 Å². The molecule has 0 spiro atoms. The Bertz CT molecular complexity index is 614. The molecule has 0 bridgehead atoms. The fraction of sp³-hybridized carbons (Fsp3) is 0.250. The lowest BCUT2D eigenvalue weighted by molar-refractivity contribution is 0.0685. The van der Waals surface area contributed by atoms with Crippen molar-refractivity contribution in [3.8, 4) is 0 Å². The number of ketones is 1. The Morgan fingerprint density at radius 1 is 1.20 bits per heavy atom. The lowest BCUT2D eigenvalue weighted by Crippen LogP contribution is -2.08. The Morgan fingerprint density at radius 3 is 2.50 bits per heavy atom. The van der Waals surface area contributed by atoms with Gasteiger partial charge in [-0.05, 0) is 31.4 Å². The number of aromatic carboxylic acids is 1. The molecule has 4 heteroatoms. The highest BCUT2D eigenvalue weighted by atomic mass is 16.4. The van der Waals surface area contributed by atoms with Gasteiger partial charge in [-0.1, -0.05) is 30.3 Å². The Balaban J connectivity index is 2.05. The molecule has 0 amide bonds. The monoisotopic (exact) mass is 271 g/mol. The van der Waals surface area contributed by atoms with Gasteiger partial charge in [-0.3, -0.25) is 4.79 Å². The maximum atomic E-state index is 11.3. The minimum Gasteiger partial charge on any atom is -0.477 e. The van der Waals surface area contributed by atoms with Gasteiger partial charge < -0.3 is 9.67 Å². The zero-order chi connectivity index (χ0) is 14.5. The number of carboxylic acids is 1. The van der Waals surface area contributed by atoms with Gasteiger partial charge in [-0.2, -0.15) is 0 Å². The van der Waals surface area contributed by atoms with E-state index < -0.39 is 5.97 Å². The van der Waals surface area contributed by atoms with Crippen molar-refractivity contribution in [1.82, 2.24) is 4.57 Å². The average molecular weight is 271 g/mol. The van der Waals surface area contributed by atoms with Crippen molar-refractivity contribution in [3.05, 3.63) is 59.4 Å². The molecular weight excluding hydrogens is 254 g/mol. The average Bonchev–Trinajstić information content (AvgIpc) is 2.84. The molecule has 20 heavy (non-hydrogen) atoms. The second kappa shape index (κ2) is 6.19. The van der Waals surface area contributed by atoms with Gasteiger partial charge in [0.1, 0.15) is 5.69 Å². The summed E-state index contributed by atoms with van der Waals surface area (Å²) in [6.45, 7) is 2.03. The van der Waals surface area contributed by atoms with E-state index in [4.69, 9.17) is 5.11 Å². The highest BCUT2D eigenvalue weighted by Gasteiger charge is 2.14. The second-order valence-electron chi connectivity index (χ2n) is 4.76. The van der Waals surface area contributed by atoms with E-state index in [2.05, 4.69) is 12.1 Å². The van der Waals surface area contributed by atoms with E-state index in [0.717, 1.165) is 12.8 Å². The van der Waals surface area contributed by atoms with Gasteiger partial charge in [0.2, 0.25) is 0 Å². The fourth-order valence-electron chi connectivity index (χ4n) is 2.17. The largest absolute Gasteiger partial charge is 0.477 e. The molecule has 1 N–H and O–H groups in total. The first-order chi connectivity index (χ1) is 9.58. The molecule has 1 aromatic heterocycles. The number of benzene rings is 1. The van der Waals surface area contributed by atoms with E-state index in [0.29, 0.717) is 12.1 Å². The van der Waals surface area contributed by atoms with Crippen molar-refractivity contribution in [1.29, 1.82) is 0 Å². The number of carbonyl (C=O) groups excluding carboxylic acids is 1. The van der Waals surface area contributed by atoms with E-state index in [9.17, 15) is 9.59 Å². The summed E-state index contributed by atoms with van der Waals surface area (Å²) in [5.74, 6) is -1.12. The van der Waals surface area contributed by atoms with Gasteiger partial charge in [0, 0.05) is 18.3 Å². The van der Waals surface area contributed by atoms with E-state index in [1.54, 1.807) is 10.8 Å². The van der Waals surface area contributed by atoms with Crippen LogP contribution in [0.1, 0.15) is 39.8 Å². The molecule has 2 rings (SSSR count). The van der Waals surface area contributed by atoms with Gasteiger partial charge in [0.15, 0.2) is 5.78 Å². The van der Waals surface area contributed by atoms with Crippen LogP contribution >= 0.6 is 0 Å². The van der Waals surface area contributed by atoms with Gasteiger partial charge in [0.25, 0.3) is 0 Å². The maximum Gasteiger partial charge on any atom is 0.352 e. The Labute approximate surface area is 117 Å². The number of aryl methyl sites for hydroxylation is 2. The first-order valence-corrected chi connectivity index (χ1v) is 6.56. The fourth-order valence-corrected chi connectivity index (χ4v) is 2.17. The molecule has 0 unspecified atom stereocenters. The normalized spacial score (nSPS) is 10.4. The third-order valence-corrected chi connectivity index (χ3v) is 3.23. The molecule has 0 aliphatic heterocycles. The van der Waals surface area contributed by atoms with Gasteiger partial charge >= 0.3 is 5.97 Å². The van der Waals surface area contributed by atoms with Crippen LogP contribution in [0.3, 0.4) is 0 Å². The third-order valence-electron chi connectivity index (χ3n) is 3.23. The van der Waals surface area contributed by atoms with Gasteiger partial charge in [0.05, 0.1) is 0 Å². The molecule has 0 aliphatic carbocycles. The van der Waals surface area contributed by atoms with Crippen molar-refractivity contribution >= 4 is 11.8 Å². The molecule has 0 saturated carbocycles. The summed E-state index contributed by atoms with van der Waals surface area (Å²) >= 11 is 0. The van der Waals surface area contributed by atoms with Gasteiger partial charge in [-0.25, -0.2) is 4.79 Å². The minimum atomic E-state index is -1.00. The zero-order valence-electron chi connectivity index (χ0n) is 11.4. The Kier molecular flexibility index (Phi) is 4.35. The molecule has 0 atom stereocenters. The Hall–Kier alpha value is -2.36. The summed E-state index contributed by atoms with van der Waals surface area (Å²) in [7, 11) is 0. The number of Topliss-reactive ketones (excluding diaryl/α,β-unsaturated/α-hetero) is 1. The topological polar surface area (TPSA) is 59.3 Å². The van der Waals surface area contributed by atoms with Crippen LogP contribution in [0.5, 0.6) is 0 Å². The second-order valence-corrected chi connectivity index (χ2v) is 4.76. The van der Waals surface area contributed by atoms with Crippen LogP contribution < -0.4 is 0 Å². The minimum absolute atomic E-state index is 0.116. The smallest absolute Gasteiger partial charge is 0.352 e. The van der Waals surface area contributed by atoms with E-state index in [-0.39, 0.29) is 11.5 Å². The lowest BCUT2D eigenvalue weighted by Gasteiger charge is -2.06. The lowest BCUT2D eigenvalue weighted by atomic mass is 10.1. The Morgan fingerprint density at radius 2 is 1.90 bits per heavy atom. The van der Waals surface area contributed by atoms with Crippen LogP contribution in [0.4, 0.5) is 0 Å². The number of aromatic nitrogens is 1. The van der Waals surface area contributed by atoms with Crippen LogP contribution in [0, 0.1) is 0 Å². The van der Waals surface area contributed by atoms with Crippen LogP contribution in [0.15, 0.2) is 42.6 Å².